The van der Waals surface area contributed by atoms with Gasteiger partial charge in [-0.15, -0.1) is 0 Å². The van der Waals surface area contributed by atoms with Gasteiger partial charge >= 0.3 is 0 Å². The molecule has 2 aromatic rings. The molecule has 0 spiro atoms. The fourth-order valence-electron chi connectivity index (χ4n) is 3.25. The first-order valence-electron chi connectivity index (χ1n) is 10.8. The van der Waals surface area contributed by atoms with Crippen LogP contribution in [-0.2, 0) is 16.1 Å². The second kappa shape index (κ2) is 11.5. The summed E-state index contributed by atoms with van der Waals surface area (Å²) in [5.41, 5.74) is 0.248. The van der Waals surface area contributed by atoms with Crippen LogP contribution in [0.2, 0.25) is 0 Å². The van der Waals surface area contributed by atoms with Crippen molar-refractivity contribution in [3.63, 3.8) is 0 Å². The molecular weight excluding hydrogens is 427 g/mol. The monoisotopic (exact) mass is 460 g/mol. The molecule has 1 atom stereocenters. The van der Waals surface area contributed by atoms with Crippen LogP contribution in [0.25, 0.3) is 0 Å². The number of nitrogens with one attached hydrogen (secondary N) is 1. The van der Waals surface area contributed by atoms with Gasteiger partial charge in [-0.25, -0.2) is 4.39 Å². The van der Waals surface area contributed by atoms with Crippen LogP contribution in [-0.4, -0.2) is 49.1 Å². The number of ether oxygens (including phenoxy) is 3. The largest absolute Gasteiger partial charge is 0.496 e. The minimum atomic E-state index is -0.717. The van der Waals surface area contributed by atoms with Crippen LogP contribution >= 0.6 is 0 Å². The van der Waals surface area contributed by atoms with Crippen molar-refractivity contribution in [2.75, 3.05) is 20.8 Å². The average molecular weight is 461 g/mol. The molecule has 8 heteroatoms. The summed E-state index contributed by atoms with van der Waals surface area (Å²) in [7, 11) is 3.04. The Hall–Kier alpha value is -3.29. The molecule has 180 valence electrons. The molecule has 0 heterocycles. The lowest BCUT2D eigenvalue weighted by molar-refractivity contribution is -0.143. The van der Waals surface area contributed by atoms with E-state index in [9.17, 15) is 14.0 Å². The number of rotatable bonds is 10. The summed E-state index contributed by atoms with van der Waals surface area (Å²) < 4.78 is 29.6. The summed E-state index contributed by atoms with van der Waals surface area (Å²) >= 11 is 0. The first-order chi connectivity index (χ1) is 15.6. The number of carbonyl (C=O) groups is 2. The third kappa shape index (κ3) is 7.97. The van der Waals surface area contributed by atoms with E-state index in [-0.39, 0.29) is 30.8 Å². The van der Waals surface area contributed by atoms with E-state index in [2.05, 4.69) is 5.32 Å². The van der Waals surface area contributed by atoms with E-state index in [0.29, 0.717) is 29.2 Å². The highest BCUT2D eigenvalue weighted by Crippen LogP contribution is 2.27. The predicted molar refractivity (Wildman–Crippen MR) is 124 cm³/mol. The maximum atomic E-state index is 13.4. The fraction of sp³-hybridized carbons (Fsp3) is 0.440. The third-order valence-electron chi connectivity index (χ3n) is 4.84. The summed E-state index contributed by atoms with van der Waals surface area (Å²) in [5, 5.41) is 2.94. The minimum absolute atomic E-state index is 0.139. The zero-order valence-corrected chi connectivity index (χ0v) is 20.1. The Morgan fingerprint density at radius 3 is 2.03 bits per heavy atom. The number of nitrogens with zero attached hydrogens (tertiary/aromatic N) is 1. The smallest absolute Gasteiger partial charge is 0.261 e. The van der Waals surface area contributed by atoms with Crippen molar-refractivity contribution >= 4 is 11.8 Å². The number of carbonyl (C=O) groups excluding carboxylic acids is 2. The Morgan fingerprint density at radius 1 is 1.00 bits per heavy atom. The maximum Gasteiger partial charge on any atom is 0.261 e. The van der Waals surface area contributed by atoms with Gasteiger partial charge in [0.05, 0.1) is 14.2 Å². The normalized spacial score (nSPS) is 12.0. The van der Waals surface area contributed by atoms with E-state index >= 15 is 0 Å². The van der Waals surface area contributed by atoms with Gasteiger partial charge in [0.2, 0.25) is 5.91 Å². The number of methoxy groups -OCH3 is 2. The molecule has 1 N–H and O–H groups in total. The molecule has 0 fully saturated rings. The third-order valence-corrected chi connectivity index (χ3v) is 4.84. The Kier molecular flexibility index (Phi) is 9.08. The summed E-state index contributed by atoms with van der Waals surface area (Å²) in [5.74, 6) is 0.436. The number of benzene rings is 2. The van der Waals surface area contributed by atoms with Crippen molar-refractivity contribution in [2.24, 2.45) is 0 Å². The van der Waals surface area contributed by atoms with Crippen molar-refractivity contribution < 1.29 is 28.2 Å². The molecule has 2 rings (SSSR count). The molecule has 7 nitrogen and oxygen atoms in total. The van der Waals surface area contributed by atoms with Crippen molar-refractivity contribution in [3.8, 4) is 17.2 Å². The van der Waals surface area contributed by atoms with Crippen LogP contribution in [0.4, 0.5) is 4.39 Å². The predicted octanol–water partition coefficient (Wildman–Crippen LogP) is 3.94. The number of amides is 2. The zero-order chi connectivity index (χ0) is 24.6. The van der Waals surface area contributed by atoms with Gasteiger partial charge in [0.15, 0.2) is 6.61 Å². The Bertz CT molecular complexity index is 919. The van der Waals surface area contributed by atoms with Gasteiger partial charge in [0.25, 0.3) is 5.91 Å². The van der Waals surface area contributed by atoms with Gasteiger partial charge < -0.3 is 24.4 Å². The van der Waals surface area contributed by atoms with Gasteiger partial charge in [-0.2, -0.15) is 0 Å². The molecule has 0 aliphatic carbocycles. The molecule has 0 radical (unpaired) electrons. The van der Waals surface area contributed by atoms with Gasteiger partial charge in [0, 0.05) is 30.3 Å². The highest BCUT2D eigenvalue weighted by atomic mass is 19.1. The van der Waals surface area contributed by atoms with E-state index in [1.54, 1.807) is 30.3 Å². The highest BCUT2D eigenvalue weighted by Gasteiger charge is 2.31. The lowest BCUT2D eigenvalue weighted by Gasteiger charge is -2.33. The van der Waals surface area contributed by atoms with Crippen molar-refractivity contribution in [2.45, 2.75) is 52.2 Å². The molecule has 0 saturated carbocycles. The van der Waals surface area contributed by atoms with Crippen molar-refractivity contribution in [1.29, 1.82) is 0 Å². The fourth-order valence-corrected chi connectivity index (χ4v) is 3.25. The van der Waals surface area contributed by atoms with Crippen LogP contribution < -0.4 is 19.5 Å². The van der Waals surface area contributed by atoms with Crippen molar-refractivity contribution in [1.82, 2.24) is 10.2 Å². The van der Waals surface area contributed by atoms with Gasteiger partial charge in [-0.1, -0.05) is 19.1 Å². The van der Waals surface area contributed by atoms with Crippen LogP contribution in [0.5, 0.6) is 17.2 Å². The van der Waals surface area contributed by atoms with Crippen molar-refractivity contribution in [3.05, 3.63) is 53.8 Å². The molecular formula is C25H33FN2O5. The van der Waals surface area contributed by atoms with Gasteiger partial charge in [-0.05, 0) is 44.9 Å². The van der Waals surface area contributed by atoms with E-state index in [1.807, 2.05) is 27.7 Å². The minimum Gasteiger partial charge on any atom is -0.496 e. The summed E-state index contributed by atoms with van der Waals surface area (Å²) in [6.45, 7) is 7.32. The Labute approximate surface area is 194 Å². The number of hydrogen-bond acceptors (Lipinski definition) is 5. The van der Waals surface area contributed by atoms with E-state index in [1.165, 1.54) is 31.3 Å². The standard InChI is InChI=1S/C25H33FN2O5/c1-7-22(24(30)27-25(2,3)4)28(15-17-8-10-18(26)11-9-17)23(29)16-33-21-13-19(31-5)12-20(14-21)32-6/h8-14,22H,7,15-16H2,1-6H3,(H,27,30)/t22-/m1/s1. The lowest BCUT2D eigenvalue weighted by atomic mass is 10.1. The van der Waals surface area contributed by atoms with E-state index < -0.39 is 11.6 Å². The molecule has 2 amide bonds. The van der Waals surface area contributed by atoms with Crippen LogP contribution in [0.15, 0.2) is 42.5 Å². The zero-order valence-electron chi connectivity index (χ0n) is 20.1. The molecule has 0 unspecified atom stereocenters. The number of hydrogen-bond donors (Lipinski definition) is 1. The Morgan fingerprint density at radius 2 is 1.55 bits per heavy atom. The first-order valence-corrected chi connectivity index (χ1v) is 10.8. The lowest BCUT2D eigenvalue weighted by Crippen LogP contribution is -2.54. The first kappa shape index (κ1) is 26.0. The van der Waals surface area contributed by atoms with Crippen LogP contribution in [0.1, 0.15) is 39.7 Å². The molecule has 2 aromatic carbocycles. The SMILES string of the molecule is CC[C@H](C(=O)NC(C)(C)C)N(Cc1ccc(F)cc1)C(=O)COc1cc(OC)cc(OC)c1. The second-order valence-electron chi connectivity index (χ2n) is 8.65. The summed E-state index contributed by atoms with van der Waals surface area (Å²) in [4.78, 5) is 27.7. The maximum absolute atomic E-state index is 13.4. The van der Waals surface area contributed by atoms with E-state index in [0.717, 1.165) is 0 Å². The molecule has 0 aliphatic rings. The molecule has 0 aromatic heterocycles. The van der Waals surface area contributed by atoms with Crippen LogP contribution in [0, 0.1) is 5.82 Å². The highest BCUT2D eigenvalue weighted by molar-refractivity contribution is 5.88. The second-order valence-corrected chi connectivity index (χ2v) is 8.65. The molecule has 0 saturated heterocycles. The van der Waals surface area contributed by atoms with E-state index in [4.69, 9.17) is 14.2 Å². The quantitative estimate of drug-likeness (QED) is 0.581. The Balaban J connectivity index is 2.26. The summed E-state index contributed by atoms with van der Waals surface area (Å²) in [6, 6.07) is 10.1. The average Bonchev–Trinajstić information content (AvgIpc) is 2.77. The van der Waals surface area contributed by atoms with Crippen LogP contribution in [0.3, 0.4) is 0 Å². The topological polar surface area (TPSA) is 77.1 Å². The molecule has 0 aliphatic heterocycles. The summed E-state index contributed by atoms with van der Waals surface area (Å²) in [6.07, 6.45) is 0.405. The van der Waals surface area contributed by atoms with Gasteiger partial charge in [-0.3, -0.25) is 9.59 Å². The molecule has 33 heavy (non-hydrogen) atoms. The van der Waals surface area contributed by atoms with Gasteiger partial charge in [0.1, 0.15) is 29.1 Å². The number of halogens is 1. The molecule has 0 bridgehead atoms.